The summed E-state index contributed by atoms with van der Waals surface area (Å²) in [7, 11) is 0. The molecule has 0 spiro atoms. The fourth-order valence-corrected chi connectivity index (χ4v) is 3.53. The Morgan fingerprint density at radius 3 is 2.23 bits per heavy atom. The first kappa shape index (κ1) is 21.1. The number of rotatable bonds is 5. The van der Waals surface area contributed by atoms with E-state index in [4.69, 9.17) is 4.74 Å². The number of nitrogens with one attached hydrogen (secondary N) is 1. The molecule has 1 aromatic rings. The van der Waals surface area contributed by atoms with Gasteiger partial charge in [-0.15, -0.1) is 0 Å². The van der Waals surface area contributed by atoms with Crippen molar-refractivity contribution in [3.05, 3.63) is 29.8 Å². The summed E-state index contributed by atoms with van der Waals surface area (Å²) in [6.45, 7) is 10.2. The average Bonchev–Trinajstić information content (AvgIpc) is 2.51. The highest BCUT2D eigenvalue weighted by Crippen LogP contribution is 2.36. The standard InChI is InChI=1S/C18H25F3N2O2S/c1-12-9-23(10-13(2)25-12)17(3,4)11-22-16(24)14-5-7-15(8-6-14)26-18(19,20)21/h5-8,12-13H,9-11H2,1-4H3,(H,22,24)/t12-,13-/m0/s1. The largest absolute Gasteiger partial charge is 0.446 e. The second kappa shape index (κ2) is 8.19. The SMILES string of the molecule is C[C@H]1CN(C(C)(C)CNC(=O)c2ccc(SC(F)(F)F)cc2)C[C@H](C)O1. The first-order valence-corrected chi connectivity index (χ1v) is 9.32. The van der Waals surface area contributed by atoms with E-state index in [1.54, 1.807) is 0 Å². The van der Waals surface area contributed by atoms with Gasteiger partial charge in [-0.25, -0.2) is 0 Å². The molecule has 0 aromatic heterocycles. The van der Waals surface area contributed by atoms with Crippen molar-refractivity contribution in [3.8, 4) is 0 Å². The fourth-order valence-electron chi connectivity index (χ4n) is 2.99. The normalized spacial score (nSPS) is 22.3. The molecule has 1 amide bonds. The number of hydrogen-bond acceptors (Lipinski definition) is 4. The van der Waals surface area contributed by atoms with Crippen LogP contribution in [0.3, 0.4) is 0 Å². The number of morpholine rings is 1. The molecule has 0 unspecified atom stereocenters. The molecular formula is C18H25F3N2O2S. The fraction of sp³-hybridized carbons (Fsp3) is 0.611. The first-order valence-electron chi connectivity index (χ1n) is 8.51. The highest BCUT2D eigenvalue weighted by atomic mass is 32.2. The summed E-state index contributed by atoms with van der Waals surface area (Å²) in [4.78, 5) is 14.7. The molecule has 1 aliphatic rings. The molecule has 8 heteroatoms. The smallest absolute Gasteiger partial charge is 0.373 e. The number of alkyl halides is 3. The number of benzene rings is 1. The van der Waals surface area contributed by atoms with E-state index >= 15 is 0 Å². The van der Waals surface area contributed by atoms with E-state index in [1.807, 2.05) is 13.8 Å². The Hall–Kier alpha value is -1.25. The summed E-state index contributed by atoms with van der Waals surface area (Å²) in [5.41, 5.74) is -4.25. The van der Waals surface area contributed by atoms with Gasteiger partial charge in [0.25, 0.3) is 5.91 Å². The zero-order valence-electron chi connectivity index (χ0n) is 15.4. The van der Waals surface area contributed by atoms with E-state index in [0.717, 1.165) is 13.1 Å². The minimum Gasteiger partial charge on any atom is -0.373 e. The van der Waals surface area contributed by atoms with Gasteiger partial charge in [0.05, 0.1) is 12.2 Å². The first-order chi connectivity index (χ1) is 12.0. The van der Waals surface area contributed by atoms with Gasteiger partial charge in [-0.05, 0) is 63.7 Å². The molecule has 0 bridgehead atoms. The number of carbonyl (C=O) groups excluding carboxylic acids is 1. The molecule has 1 saturated heterocycles. The molecule has 2 rings (SSSR count). The maximum atomic E-state index is 12.4. The summed E-state index contributed by atoms with van der Waals surface area (Å²) in [6.07, 6.45) is 0.264. The highest BCUT2D eigenvalue weighted by Gasteiger charge is 2.33. The minimum atomic E-state index is -4.33. The van der Waals surface area contributed by atoms with E-state index < -0.39 is 5.51 Å². The topological polar surface area (TPSA) is 41.6 Å². The molecular weight excluding hydrogens is 365 g/mol. The summed E-state index contributed by atoms with van der Waals surface area (Å²) in [5, 5.41) is 2.88. The molecule has 0 radical (unpaired) electrons. The lowest BCUT2D eigenvalue weighted by Gasteiger charge is -2.45. The molecule has 26 heavy (non-hydrogen) atoms. The number of amides is 1. The van der Waals surface area contributed by atoms with Crippen molar-refractivity contribution in [1.29, 1.82) is 0 Å². The van der Waals surface area contributed by atoms with Crippen molar-refractivity contribution in [1.82, 2.24) is 10.2 Å². The lowest BCUT2D eigenvalue weighted by molar-refractivity contribution is -0.0948. The van der Waals surface area contributed by atoms with Crippen molar-refractivity contribution in [2.45, 2.75) is 55.8 Å². The van der Waals surface area contributed by atoms with Crippen LogP contribution in [0.5, 0.6) is 0 Å². The monoisotopic (exact) mass is 390 g/mol. The van der Waals surface area contributed by atoms with Crippen LogP contribution in [0.25, 0.3) is 0 Å². The third-order valence-corrected chi connectivity index (χ3v) is 5.05. The Labute approximate surface area is 156 Å². The molecule has 1 aliphatic heterocycles. The summed E-state index contributed by atoms with van der Waals surface area (Å²) in [5.74, 6) is -0.295. The number of carbonyl (C=O) groups is 1. The van der Waals surface area contributed by atoms with Gasteiger partial charge >= 0.3 is 5.51 Å². The Kier molecular flexibility index (Phi) is 6.63. The Morgan fingerprint density at radius 2 is 1.73 bits per heavy atom. The maximum Gasteiger partial charge on any atom is 0.446 e. The zero-order chi connectivity index (χ0) is 19.5. The zero-order valence-corrected chi connectivity index (χ0v) is 16.2. The van der Waals surface area contributed by atoms with E-state index in [0.29, 0.717) is 12.1 Å². The summed E-state index contributed by atoms with van der Waals surface area (Å²) >= 11 is -0.192. The van der Waals surface area contributed by atoms with Gasteiger partial charge in [0.1, 0.15) is 0 Å². The molecule has 1 aromatic carbocycles. The van der Waals surface area contributed by atoms with Crippen LogP contribution in [0.4, 0.5) is 13.2 Å². The summed E-state index contributed by atoms with van der Waals surface area (Å²) in [6, 6.07) is 5.44. The van der Waals surface area contributed by atoms with E-state index in [9.17, 15) is 18.0 Å². The lowest BCUT2D eigenvalue weighted by atomic mass is 10.00. The predicted octanol–water partition coefficient (Wildman–Crippen LogP) is 3.92. The molecule has 1 fully saturated rings. The number of halogens is 3. The van der Waals surface area contributed by atoms with E-state index in [-0.39, 0.29) is 40.3 Å². The quantitative estimate of drug-likeness (QED) is 0.774. The Morgan fingerprint density at radius 1 is 1.19 bits per heavy atom. The van der Waals surface area contributed by atoms with Gasteiger partial charge in [-0.3, -0.25) is 9.69 Å². The van der Waals surface area contributed by atoms with Crippen LogP contribution in [0.1, 0.15) is 38.1 Å². The third-order valence-electron chi connectivity index (χ3n) is 4.31. The van der Waals surface area contributed by atoms with E-state index in [2.05, 4.69) is 24.1 Å². The number of hydrogen-bond donors (Lipinski definition) is 1. The van der Waals surface area contributed by atoms with Gasteiger partial charge in [-0.1, -0.05) is 0 Å². The van der Waals surface area contributed by atoms with Crippen LogP contribution in [-0.4, -0.2) is 53.7 Å². The van der Waals surface area contributed by atoms with Gasteiger partial charge in [0, 0.05) is 35.6 Å². The number of ether oxygens (including phenoxy) is 1. The molecule has 1 N–H and O–H groups in total. The molecule has 2 atom stereocenters. The van der Waals surface area contributed by atoms with Crippen molar-refractivity contribution in [2.75, 3.05) is 19.6 Å². The second-order valence-corrected chi connectivity index (χ2v) is 8.37. The number of thioether (sulfide) groups is 1. The average molecular weight is 390 g/mol. The third kappa shape index (κ3) is 6.17. The van der Waals surface area contributed by atoms with E-state index in [1.165, 1.54) is 24.3 Å². The Balaban J connectivity index is 1.92. The van der Waals surface area contributed by atoms with Gasteiger partial charge in [0.2, 0.25) is 0 Å². The van der Waals surface area contributed by atoms with Crippen molar-refractivity contribution < 1.29 is 22.7 Å². The van der Waals surface area contributed by atoms with Gasteiger partial charge in [0.15, 0.2) is 0 Å². The van der Waals surface area contributed by atoms with Crippen LogP contribution in [0, 0.1) is 0 Å². The van der Waals surface area contributed by atoms with Crippen LogP contribution < -0.4 is 5.32 Å². The number of nitrogens with zero attached hydrogens (tertiary/aromatic N) is 1. The van der Waals surface area contributed by atoms with Crippen LogP contribution >= 0.6 is 11.8 Å². The van der Waals surface area contributed by atoms with Crippen LogP contribution in [-0.2, 0) is 4.74 Å². The summed E-state index contributed by atoms with van der Waals surface area (Å²) < 4.78 is 42.8. The minimum absolute atomic E-state index is 0.0608. The van der Waals surface area contributed by atoms with Crippen molar-refractivity contribution in [3.63, 3.8) is 0 Å². The maximum absolute atomic E-state index is 12.4. The van der Waals surface area contributed by atoms with Crippen LogP contribution in [0.2, 0.25) is 0 Å². The predicted molar refractivity (Wildman–Crippen MR) is 96.3 cm³/mol. The highest BCUT2D eigenvalue weighted by molar-refractivity contribution is 8.00. The lowest BCUT2D eigenvalue weighted by Crippen LogP contribution is -2.58. The molecule has 0 aliphatic carbocycles. The van der Waals surface area contributed by atoms with Crippen molar-refractivity contribution in [2.24, 2.45) is 0 Å². The molecule has 0 saturated carbocycles. The second-order valence-electron chi connectivity index (χ2n) is 7.23. The molecule has 146 valence electrons. The van der Waals surface area contributed by atoms with Gasteiger partial charge < -0.3 is 10.1 Å². The van der Waals surface area contributed by atoms with Gasteiger partial charge in [-0.2, -0.15) is 13.2 Å². The molecule has 1 heterocycles. The Bertz CT molecular complexity index is 610. The molecule has 4 nitrogen and oxygen atoms in total. The van der Waals surface area contributed by atoms with Crippen molar-refractivity contribution >= 4 is 17.7 Å². The van der Waals surface area contributed by atoms with Crippen LogP contribution in [0.15, 0.2) is 29.2 Å².